The lowest BCUT2D eigenvalue weighted by atomic mass is 10.1. The molecule has 0 spiro atoms. The van der Waals surface area contributed by atoms with Crippen LogP contribution in [0.3, 0.4) is 0 Å². The van der Waals surface area contributed by atoms with E-state index in [9.17, 15) is 4.79 Å². The molecule has 0 radical (unpaired) electrons. The van der Waals surface area contributed by atoms with Crippen LogP contribution in [0.15, 0.2) is 5.16 Å². The topological polar surface area (TPSA) is 68.1 Å². The van der Waals surface area contributed by atoms with Crippen LogP contribution in [0.5, 0.6) is 0 Å². The van der Waals surface area contributed by atoms with E-state index in [0.717, 1.165) is 0 Å². The highest BCUT2D eigenvalue weighted by Crippen LogP contribution is 2.12. The maximum Gasteiger partial charge on any atom is 0.335 e. The predicted octanol–water partition coefficient (Wildman–Crippen LogP) is 0.559. The van der Waals surface area contributed by atoms with Gasteiger partial charge < -0.3 is 14.7 Å². The fraction of sp³-hybridized carbons (Fsp3) is 0.750. The van der Waals surface area contributed by atoms with E-state index >= 15 is 0 Å². The van der Waals surface area contributed by atoms with Gasteiger partial charge in [-0.3, -0.25) is 0 Å². The maximum absolute atomic E-state index is 11.2. The zero-order valence-corrected chi connectivity index (χ0v) is 7.52. The van der Waals surface area contributed by atoms with E-state index in [-0.39, 0.29) is 5.97 Å². The number of carbonyl (C=O) groups is 1. The van der Waals surface area contributed by atoms with E-state index in [1.54, 1.807) is 6.92 Å². The highest BCUT2D eigenvalue weighted by atomic mass is 16.6. The molecule has 74 valence electrons. The van der Waals surface area contributed by atoms with Crippen molar-refractivity contribution in [1.82, 2.24) is 0 Å². The smallest absolute Gasteiger partial charge is 0.335 e. The predicted molar refractivity (Wildman–Crippen MR) is 44.8 cm³/mol. The largest absolute Gasteiger partial charge is 0.464 e. The van der Waals surface area contributed by atoms with Crippen molar-refractivity contribution in [2.75, 3.05) is 13.2 Å². The highest BCUT2D eigenvalue weighted by molar-refractivity contribution is 5.90. The molecular weight excluding hydrogens is 174 g/mol. The molecule has 1 aliphatic rings. The van der Waals surface area contributed by atoms with Crippen LogP contribution in [-0.4, -0.2) is 36.2 Å². The van der Waals surface area contributed by atoms with Crippen molar-refractivity contribution in [3.63, 3.8) is 0 Å². The Hall–Kier alpha value is -1.10. The maximum atomic E-state index is 11.2. The average Bonchev–Trinajstić information content (AvgIpc) is 2.18. The molecule has 5 nitrogen and oxygen atoms in total. The van der Waals surface area contributed by atoms with Crippen LogP contribution in [0.2, 0.25) is 0 Å². The molecule has 0 aromatic carbocycles. The summed E-state index contributed by atoms with van der Waals surface area (Å²) < 4.78 is 9.93. The zero-order valence-electron chi connectivity index (χ0n) is 7.52. The van der Waals surface area contributed by atoms with Gasteiger partial charge in [0, 0.05) is 12.8 Å². The summed E-state index contributed by atoms with van der Waals surface area (Å²) in [5, 5.41) is 11.6. The number of hydrogen-bond donors (Lipinski definition) is 1. The van der Waals surface area contributed by atoms with Crippen molar-refractivity contribution in [1.29, 1.82) is 0 Å². The number of ether oxygens (including phenoxy) is 2. The Balaban J connectivity index is 2.46. The third kappa shape index (κ3) is 2.69. The van der Waals surface area contributed by atoms with Gasteiger partial charge in [0.15, 0.2) is 6.10 Å². The highest BCUT2D eigenvalue weighted by Gasteiger charge is 2.26. The molecule has 1 N–H and O–H groups in total. The fourth-order valence-electron chi connectivity index (χ4n) is 1.17. The normalized spacial score (nSPS) is 25.9. The molecule has 0 aliphatic carbocycles. The Bertz CT molecular complexity index is 214. The van der Waals surface area contributed by atoms with Gasteiger partial charge in [0.2, 0.25) is 0 Å². The summed E-state index contributed by atoms with van der Waals surface area (Å²) in [5.41, 5.74) is 0.587. The van der Waals surface area contributed by atoms with Crippen LogP contribution < -0.4 is 0 Å². The van der Waals surface area contributed by atoms with Crippen molar-refractivity contribution in [3.8, 4) is 0 Å². The Morgan fingerprint density at radius 2 is 2.62 bits per heavy atom. The van der Waals surface area contributed by atoms with Gasteiger partial charge in [-0.05, 0) is 6.92 Å². The molecule has 1 saturated heterocycles. The van der Waals surface area contributed by atoms with Gasteiger partial charge in [-0.2, -0.15) is 0 Å². The van der Waals surface area contributed by atoms with E-state index < -0.39 is 6.10 Å². The molecule has 1 atom stereocenters. The minimum atomic E-state index is -0.598. The summed E-state index contributed by atoms with van der Waals surface area (Å²) in [7, 11) is 0. The summed E-state index contributed by atoms with van der Waals surface area (Å²) in [6, 6.07) is 0. The second-order valence-electron chi connectivity index (χ2n) is 2.73. The SMILES string of the molecule is CCOC(=O)C1C/C(=N\O)CCO1. The van der Waals surface area contributed by atoms with Gasteiger partial charge in [0.05, 0.1) is 18.9 Å². The molecule has 5 heteroatoms. The van der Waals surface area contributed by atoms with Gasteiger partial charge in [-0.1, -0.05) is 5.16 Å². The number of oxime groups is 1. The fourth-order valence-corrected chi connectivity index (χ4v) is 1.17. The number of rotatable bonds is 2. The van der Waals surface area contributed by atoms with Crippen LogP contribution in [0.25, 0.3) is 0 Å². The summed E-state index contributed by atoms with van der Waals surface area (Å²) in [4.78, 5) is 11.2. The van der Waals surface area contributed by atoms with Gasteiger partial charge in [-0.15, -0.1) is 0 Å². The molecule has 1 heterocycles. The monoisotopic (exact) mass is 187 g/mol. The third-order valence-electron chi connectivity index (χ3n) is 1.82. The third-order valence-corrected chi connectivity index (χ3v) is 1.82. The lowest BCUT2D eigenvalue weighted by Crippen LogP contribution is -2.34. The number of nitrogens with zero attached hydrogens (tertiary/aromatic N) is 1. The summed E-state index contributed by atoms with van der Waals surface area (Å²) >= 11 is 0. The summed E-state index contributed by atoms with van der Waals surface area (Å²) in [6.07, 6.45) is 0.307. The minimum absolute atomic E-state index is 0.329. The van der Waals surface area contributed by atoms with E-state index in [1.807, 2.05) is 0 Å². The standard InChI is InChI=1S/C8H13NO4/c1-2-12-8(10)7-5-6(9-11)3-4-13-7/h7,11H,2-5H2,1H3/b9-6-. The van der Waals surface area contributed by atoms with E-state index in [1.165, 1.54) is 0 Å². The Kier molecular flexibility index (Phi) is 3.70. The first kappa shape index (κ1) is 9.98. The van der Waals surface area contributed by atoms with Crippen LogP contribution in [0.1, 0.15) is 19.8 Å². The molecule has 0 aromatic heterocycles. The van der Waals surface area contributed by atoms with Crippen LogP contribution in [0, 0.1) is 0 Å². The summed E-state index contributed by atoms with van der Waals surface area (Å²) in [6.45, 7) is 2.48. The molecule has 0 bridgehead atoms. The van der Waals surface area contributed by atoms with Gasteiger partial charge in [0.25, 0.3) is 0 Å². The zero-order chi connectivity index (χ0) is 9.68. The quantitative estimate of drug-likeness (QED) is 0.389. The molecule has 0 saturated carbocycles. The first-order valence-corrected chi connectivity index (χ1v) is 4.26. The van der Waals surface area contributed by atoms with Crippen LogP contribution in [0.4, 0.5) is 0 Å². The lowest BCUT2D eigenvalue weighted by molar-refractivity contribution is -0.156. The van der Waals surface area contributed by atoms with Crippen molar-refractivity contribution < 1.29 is 19.5 Å². The van der Waals surface area contributed by atoms with Crippen molar-refractivity contribution >= 4 is 11.7 Å². The number of esters is 1. The number of hydrogen-bond acceptors (Lipinski definition) is 5. The van der Waals surface area contributed by atoms with E-state index in [2.05, 4.69) is 5.16 Å². The second-order valence-corrected chi connectivity index (χ2v) is 2.73. The van der Waals surface area contributed by atoms with Gasteiger partial charge in [0.1, 0.15) is 0 Å². The van der Waals surface area contributed by atoms with E-state index in [0.29, 0.717) is 31.8 Å². The van der Waals surface area contributed by atoms with Crippen molar-refractivity contribution in [3.05, 3.63) is 0 Å². The minimum Gasteiger partial charge on any atom is -0.464 e. The van der Waals surface area contributed by atoms with Crippen LogP contribution in [-0.2, 0) is 14.3 Å². The van der Waals surface area contributed by atoms with Crippen LogP contribution >= 0.6 is 0 Å². The number of carbonyl (C=O) groups excluding carboxylic acids is 1. The molecule has 13 heavy (non-hydrogen) atoms. The van der Waals surface area contributed by atoms with Gasteiger partial charge in [-0.25, -0.2) is 4.79 Å². The summed E-state index contributed by atoms with van der Waals surface area (Å²) in [5.74, 6) is -0.386. The first-order valence-electron chi connectivity index (χ1n) is 4.26. The lowest BCUT2D eigenvalue weighted by Gasteiger charge is -2.21. The Morgan fingerprint density at radius 3 is 3.23 bits per heavy atom. The van der Waals surface area contributed by atoms with Gasteiger partial charge >= 0.3 is 5.97 Å². The molecule has 0 amide bonds. The molecule has 1 rings (SSSR count). The molecule has 0 aromatic rings. The van der Waals surface area contributed by atoms with Crippen molar-refractivity contribution in [2.45, 2.75) is 25.9 Å². The molecule has 1 unspecified atom stereocenters. The first-order chi connectivity index (χ1) is 6.27. The second kappa shape index (κ2) is 4.81. The van der Waals surface area contributed by atoms with Crippen molar-refractivity contribution in [2.24, 2.45) is 5.16 Å². The van der Waals surface area contributed by atoms with E-state index in [4.69, 9.17) is 14.7 Å². The Labute approximate surface area is 76.3 Å². The molecule has 1 fully saturated rings. The molecule has 1 aliphatic heterocycles. The molecular formula is C8H13NO4. The average molecular weight is 187 g/mol. The Morgan fingerprint density at radius 1 is 1.85 bits per heavy atom.